The molecule has 1 atom stereocenters. The maximum Gasteiger partial charge on any atom is 0.306 e. The summed E-state index contributed by atoms with van der Waals surface area (Å²) in [5.41, 5.74) is 0. The average molecular weight is 873 g/mol. The normalized spacial score (nSPS) is 12.1. The maximum atomic E-state index is 12.8. The van der Waals surface area contributed by atoms with Crippen LogP contribution in [-0.2, 0) is 28.6 Å². The van der Waals surface area contributed by atoms with Gasteiger partial charge in [0.2, 0.25) is 0 Å². The molecule has 0 radical (unpaired) electrons. The summed E-state index contributed by atoms with van der Waals surface area (Å²) in [4.78, 5) is 37.9. The molecule has 1 unspecified atom stereocenters. The van der Waals surface area contributed by atoms with Crippen LogP contribution in [0.4, 0.5) is 0 Å². The van der Waals surface area contributed by atoms with E-state index in [0.29, 0.717) is 19.3 Å². The molecule has 0 bridgehead atoms. The largest absolute Gasteiger partial charge is 0.462 e. The smallest absolute Gasteiger partial charge is 0.306 e. The van der Waals surface area contributed by atoms with Crippen molar-refractivity contribution in [3.05, 3.63) is 24.3 Å². The molecule has 6 heteroatoms. The highest BCUT2D eigenvalue weighted by atomic mass is 16.6. The van der Waals surface area contributed by atoms with Crippen molar-refractivity contribution in [3.8, 4) is 0 Å². The summed E-state index contributed by atoms with van der Waals surface area (Å²) < 4.78 is 16.8. The lowest BCUT2D eigenvalue weighted by Gasteiger charge is -2.18. The van der Waals surface area contributed by atoms with Crippen LogP contribution in [0.15, 0.2) is 24.3 Å². The molecule has 0 fully saturated rings. The van der Waals surface area contributed by atoms with Crippen molar-refractivity contribution in [1.82, 2.24) is 0 Å². The lowest BCUT2D eigenvalue weighted by atomic mass is 10.0. The molecule has 0 aliphatic heterocycles. The van der Waals surface area contributed by atoms with E-state index < -0.39 is 6.10 Å². The zero-order valence-corrected chi connectivity index (χ0v) is 41.7. The first kappa shape index (κ1) is 59.9. The van der Waals surface area contributed by atoms with E-state index in [1.807, 2.05) is 0 Å². The van der Waals surface area contributed by atoms with Gasteiger partial charge in [0, 0.05) is 19.3 Å². The number of ether oxygens (including phenoxy) is 3. The van der Waals surface area contributed by atoms with E-state index in [-0.39, 0.29) is 31.1 Å². The van der Waals surface area contributed by atoms with Crippen LogP contribution >= 0.6 is 0 Å². The number of hydrogen-bond acceptors (Lipinski definition) is 6. The van der Waals surface area contributed by atoms with Gasteiger partial charge in [-0.15, -0.1) is 0 Å². The van der Waals surface area contributed by atoms with Crippen molar-refractivity contribution in [2.75, 3.05) is 13.2 Å². The first-order valence-electron chi connectivity index (χ1n) is 27.3. The van der Waals surface area contributed by atoms with Gasteiger partial charge in [-0.05, 0) is 51.4 Å². The minimum Gasteiger partial charge on any atom is -0.462 e. The molecular formula is C56H104O6. The second kappa shape index (κ2) is 51.5. The minimum absolute atomic E-state index is 0.0694. The Morgan fingerprint density at radius 3 is 0.903 bits per heavy atom. The SMILES string of the molecule is CCCCCC/C=C\C/C=C\CCCCCCCCCC(=O)OCC(COC(=O)CCCCCCCCCC)OC(=O)CCCCCCCCCCCCCCCCCCCC. The highest BCUT2D eigenvalue weighted by molar-refractivity contribution is 5.71. The van der Waals surface area contributed by atoms with Crippen LogP contribution in [0.2, 0.25) is 0 Å². The third kappa shape index (κ3) is 48.9. The molecule has 0 aliphatic carbocycles. The standard InChI is InChI=1S/C56H104O6/c1-4-7-10-13-16-19-21-23-25-27-29-31-33-35-37-40-43-46-49-55(58)61-52-53(51-60-54(57)48-45-42-39-18-15-12-9-6-3)62-56(59)50-47-44-41-38-36-34-32-30-28-26-24-22-20-17-14-11-8-5-2/h19,21,25,27,53H,4-18,20,22-24,26,28-52H2,1-3H3/b21-19-,27-25-. The molecule has 0 aromatic carbocycles. The van der Waals surface area contributed by atoms with Gasteiger partial charge in [-0.25, -0.2) is 0 Å². The van der Waals surface area contributed by atoms with Crippen molar-refractivity contribution < 1.29 is 28.6 Å². The molecule has 364 valence electrons. The van der Waals surface area contributed by atoms with Gasteiger partial charge in [-0.3, -0.25) is 14.4 Å². The molecule has 6 nitrogen and oxygen atoms in total. The molecule has 0 aromatic heterocycles. The quantitative estimate of drug-likeness (QED) is 0.0262. The Morgan fingerprint density at radius 2 is 0.581 bits per heavy atom. The Balaban J connectivity index is 4.24. The van der Waals surface area contributed by atoms with Crippen LogP contribution in [0.3, 0.4) is 0 Å². The zero-order chi connectivity index (χ0) is 45.1. The van der Waals surface area contributed by atoms with E-state index in [1.165, 1.54) is 186 Å². The van der Waals surface area contributed by atoms with Crippen molar-refractivity contribution in [2.45, 2.75) is 303 Å². The number of rotatable bonds is 50. The molecule has 0 spiro atoms. The molecular weight excluding hydrogens is 769 g/mol. The molecule has 0 rings (SSSR count). The first-order valence-corrected chi connectivity index (χ1v) is 27.3. The van der Waals surface area contributed by atoms with E-state index in [0.717, 1.165) is 70.6 Å². The summed E-state index contributed by atoms with van der Waals surface area (Å²) in [5.74, 6) is -0.865. The summed E-state index contributed by atoms with van der Waals surface area (Å²) in [6.45, 7) is 6.63. The summed E-state index contributed by atoms with van der Waals surface area (Å²) in [6.07, 6.45) is 58.9. The molecule has 0 N–H and O–H groups in total. The van der Waals surface area contributed by atoms with Gasteiger partial charge in [-0.2, -0.15) is 0 Å². The van der Waals surface area contributed by atoms with Crippen LogP contribution < -0.4 is 0 Å². The second-order valence-corrected chi connectivity index (χ2v) is 18.5. The number of hydrogen-bond donors (Lipinski definition) is 0. The van der Waals surface area contributed by atoms with E-state index in [9.17, 15) is 14.4 Å². The highest BCUT2D eigenvalue weighted by Crippen LogP contribution is 2.16. The topological polar surface area (TPSA) is 78.9 Å². The molecule has 0 heterocycles. The molecule has 0 saturated heterocycles. The van der Waals surface area contributed by atoms with Gasteiger partial charge in [0.25, 0.3) is 0 Å². The number of carbonyl (C=O) groups excluding carboxylic acids is 3. The van der Waals surface area contributed by atoms with Gasteiger partial charge < -0.3 is 14.2 Å². The Morgan fingerprint density at radius 1 is 0.323 bits per heavy atom. The maximum absolute atomic E-state index is 12.8. The molecule has 0 saturated carbocycles. The third-order valence-corrected chi connectivity index (χ3v) is 12.2. The van der Waals surface area contributed by atoms with E-state index in [2.05, 4.69) is 45.1 Å². The van der Waals surface area contributed by atoms with E-state index in [1.54, 1.807) is 0 Å². The minimum atomic E-state index is -0.767. The van der Waals surface area contributed by atoms with Crippen molar-refractivity contribution in [2.24, 2.45) is 0 Å². The van der Waals surface area contributed by atoms with Crippen LogP contribution in [0.25, 0.3) is 0 Å². The summed E-state index contributed by atoms with van der Waals surface area (Å²) in [5, 5.41) is 0. The van der Waals surface area contributed by atoms with E-state index in [4.69, 9.17) is 14.2 Å². The Kier molecular flexibility index (Phi) is 49.8. The van der Waals surface area contributed by atoms with Crippen LogP contribution in [0.1, 0.15) is 297 Å². The van der Waals surface area contributed by atoms with Gasteiger partial charge >= 0.3 is 17.9 Å². The fourth-order valence-corrected chi connectivity index (χ4v) is 8.06. The Hall–Kier alpha value is -2.11. The summed E-state index contributed by atoms with van der Waals surface area (Å²) in [7, 11) is 0. The number of allylic oxidation sites excluding steroid dienone is 4. The zero-order valence-electron chi connectivity index (χ0n) is 41.7. The first-order chi connectivity index (χ1) is 30.5. The lowest BCUT2D eigenvalue weighted by molar-refractivity contribution is -0.167. The predicted octanol–water partition coefficient (Wildman–Crippen LogP) is 17.9. The van der Waals surface area contributed by atoms with Crippen molar-refractivity contribution >= 4 is 17.9 Å². The van der Waals surface area contributed by atoms with Crippen LogP contribution in [0, 0.1) is 0 Å². The van der Waals surface area contributed by atoms with Gasteiger partial charge in [0.15, 0.2) is 6.10 Å². The monoisotopic (exact) mass is 873 g/mol. The van der Waals surface area contributed by atoms with Gasteiger partial charge in [-0.1, -0.05) is 251 Å². The molecule has 0 amide bonds. The predicted molar refractivity (Wildman–Crippen MR) is 266 cm³/mol. The van der Waals surface area contributed by atoms with Crippen molar-refractivity contribution in [1.29, 1.82) is 0 Å². The Bertz CT molecular complexity index is 1000. The highest BCUT2D eigenvalue weighted by Gasteiger charge is 2.19. The van der Waals surface area contributed by atoms with Crippen LogP contribution in [0.5, 0.6) is 0 Å². The third-order valence-electron chi connectivity index (χ3n) is 12.2. The van der Waals surface area contributed by atoms with Gasteiger partial charge in [0.05, 0.1) is 0 Å². The number of unbranched alkanes of at least 4 members (excludes halogenated alkanes) is 35. The van der Waals surface area contributed by atoms with Crippen LogP contribution in [-0.4, -0.2) is 37.2 Å². The molecule has 62 heavy (non-hydrogen) atoms. The molecule has 0 aromatic rings. The molecule has 0 aliphatic rings. The summed E-state index contributed by atoms with van der Waals surface area (Å²) >= 11 is 0. The Labute approximate surface area is 385 Å². The van der Waals surface area contributed by atoms with E-state index >= 15 is 0 Å². The van der Waals surface area contributed by atoms with Crippen molar-refractivity contribution in [3.63, 3.8) is 0 Å². The number of esters is 3. The van der Waals surface area contributed by atoms with Gasteiger partial charge in [0.1, 0.15) is 13.2 Å². The fourth-order valence-electron chi connectivity index (χ4n) is 8.06. The fraction of sp³-hybridized carbons (Fsp3) is 0.875. The summed E-state index contributed by atoms with van der Waals surface area (Å²) in [6, 6.07) is 0. The lowest BCUT2D eigenvalue weighted by Crippen LogP contribution is -2.30. The second-order valence-electron chi connectivity index (χ2n) is 18.5. The number of carbonyl (C=O) groups is 3. The average Bonchev–Trinajstić information content (AvgIpc) is 3.27.